The Morgan fingerprint density at radius 1 is 1.06 bits per heavy atom. The Bertz CT molecular complexity index is 1180. The van der Waals surface area contributed by atoms with E-state index in [2.05, 4.69) is 21.2 Å². The van der Waals surface area contributed by atoms with Crippen LogP contribution < -0.4 is 14.2 Å². The van der Waals surface area contributed by atoms with E-state index in [1.54, 1.807) is 24.3 Å². The molecular weight excluding hydrogens is 502 g/mol. The zero-order valence-corrected chi connectivity index (χ0v) is 20.6. The molecule has 0 aliphatic rings. The smallest absolute Gasteiger partial charge is 0.339 e. The van der Waals surface area contributed by atoms with Crippen LogP contribution in [0.3, 0.4) is 0 Å². The SMILES string of the molecule is CCOc1cc(CNc2cccc(Cl)c2C)cc(Br)c1OS(=O)(=O)c1ccc(C)cc1. The molecule has 0 atom stereocenters. The first-order chi connectivity index (χ1) is 14.7. The van der Waals surface area contributed by atoms with E-state index in [1.807, 2.05) is 39.0 Å². The minimum absolute atomic E-state index is 0.0784. The van der Waals surface area contributed by atoms with Gasteiger partial charge in [-0.05, 0) is 84.2 Å². The summed E-state index contributed by atoms with van der Waals surface area (Å²) in [5, 5.41) is 4.03. The van der Waals surface area contributed by atoms with Gasteiger partial charge >= 0.3 is 10.1 Å². The van der Waals surface area contributed by atoms with E-state index in [0.717, 1.165) is 22.4 Å². The maximum Gasteiger partial charge on any atom is 0.339 e. The van der Waals surface area contributed by atoms with Crippen molar-refractivity contribution in [1.82, 2.24) is 0 Å². The van der Waals surface area contributed by atoms with E-state index in [1.165, 1.54) is 12.1 Å². The van der Waals surface area contributed by atoms with Gasteiger partial charge in [-0.3, -0.25) is 0 Å². The molecule has 0 unspecified atom stereocenters. The van der Waals surface area contributed by atoms with Gasteiger partial charge in [0.25, 0.3) is 0 Å². The van der Waals surface area contributed by atoms with Gasteiger partial charge in [-0.1, -0.05) is 35.4 Å². The van der Waals surface area contributed by atoms with E-state index in [9.17, 15) is 8.42 Å². The molecule has 0 saturated heterocycles. The number of rotatable bonds is 8. The standard InChI is InChI=1S/C23H23BrClNO4S/c1-4-29-22-13-17(14-26-21-7-5-6-20(25)16(21)3)12-19(24)23(22)30-31(27,28)18-10-8-15(2)9-11-18/h5-13,26H,4,14H2,1-3H3. The Balaban J connectivity index is 1.88. The summed E-state index contributed by atoms with van der Waals surface area (Å²) >= 11 is 9.63. The van der Waals surface area contributed by atoms with Crippen LogP contribution in [-0.2, 0) is 16.7 Å². The zero-order valence-electron chi connectivity index (χ0n) is 17.4. The largest absolute Gasteiger partial charge is 0.490 e. The molecule has 3 aromatic carbocycles. The lowest BCUT2D eigenvalue weighted by molar-refractivity contribution is 0.326. The van der Waals surface area contributed by atoms with Crippen molar-refractivity contribution in [1.29, 1.82) is 0 Å². The van der Waals surface area contributed by atoms with Crippen molar-refractivity contribution >= 4 is 43.3 Å². The van der Waals surface area contributed by atoms with E-state index in [4.69, 9.17) is 20.5 Å². The van der Waals surface area contributed by atoms with E-state index >= 15 is 0 Å². The summed E-state index contributed by atoms with van der Waals surface area (Å²) in [7, 11) is -4.01. The van der Waals surface area contributed by atoms with Crippen molar-refractivity contribution in [3.8, 4) is 11.5 Å². The second-order valence-corrected chi connectivity index (χ2v) is 9.76. The quantitative estimate of drug-likeness (QED) is 0.341. The summed E-state index contributed by atoms with van der Waals surface area (Å²) in [6.45, 7) is 6.51. The summed E-state index contributed by atoms with van der Waals surface area (Å²) < 4.78 is 37.1. The number of benzene rings is 3. The van der Waals surface area contributed by atoms with Crippen molar-refractivity contribution in [3.63, 3.8) is 0 Å². The van der Waals surface area contributed by atoms with Crippen LogP contribution in [0, 0.1) is 13.8 Å². The van der Waals surface area contributed by atoms with Crippen LogP contribution in [0.1, 0.15) is 23.6 Å². The molecule has 5 nitrogen and oxygen atoms in total. The van der Waals surface area contributed by atoms with Crippen molar-refractivity contribution in [3.05, 3.63) is 80.8 Å². The van der Waals surface area contributed by atoms with Gasteiger partial charge in [0.2, 0.25) is 0 Å². The molecule has 0 aromatic heterocycles. The summed E-state index contributed by atoms with van der Waals surface area (Å²) in [6, 6.07) is 15.7. The average Bonchev–Trinajstić information content (AvgIpc) is 2.72. The zero-order chi connectivity index (χ0) is 22.6. The number of halogens is 2. The molecule has 0 amide bonds. The van der Waals surface area contributed by atoms with Gasteiger partial charge in [0.1, 0.15) is 4.90 Å². The highest BCUT2D eigenvalue weighted by atomic mass is 79.9. The third-order valence-electron chi connectivity index (χ3n) is 4.62. The molecule has 0 radical (unpaired) electrons. The molecule has 31 heavy (non-hydrogen) atoms. The summed E-state index contributed by atoms with van der Waals surface area (Å²) in [4.78, 5) is 0.0784. The average molecular weight is 525 g/mol. The molecule has 0 saturated carbocycles. The normalized spacial score (nSPS) is 11.3. The molecule has 0 aliphatic heterocycles. The van der Waals surface area contributed by atoms with Gasteiger partial charge in [-0.25, -0.2) is 0 Å². The van der Waals surface area contributed by atoms with E-state index < -0.39 is 10.1 Å². The van der Waals surface area contributed by atoms with Crippen molar-refractivity contribution in [2.45, 2.75) is 32.2 Å². The van der Waals surface area contributed by atoms with Gasteiger partial charge in [0.15, 0.2) is 11.5 Å². The molecule has 1 N–H and O–H groups in total. The Labute approximate surface area is 196 Å². The number of anilines is 1. The maximum atomic E-state index is 12.8. The molecule has 164 valence electrons. The lowest BCUT2D eigenvalue weighted by Crippen LogP contribution is -2.12. The van der Waals surface area contributed by atoms with Gasteiger partial charge in [-0.2, -0.15) is 8.42 Å². The Kier molecular flexibility index (Phi) is 7.51. The first-order valence-electron chi connectivity index (χ1n) is 9.66. The number of ether oxygens (including phenoxy) is 1. The monoisotopic (exact) mass is 523 g/mol. The third kappa shape index (κ3) is 5.73. The number of nitrogens with one attached hydrogen (secondary N) is 1. The van der Waals surface area contributed by atoms with Crippen molar-refractivity contribution in [2.75, 3.05) is 11.9 Å². The van der Waals surface area contributed by atoms with Crippen LogP contribution in [0.2, 0.25) is 5.02 Å². The van der Waals surface area contributed by atoms with Crippen LogP contribution >= 0.6 is 27.5 Å². The summed E-state index contributed by atoms with van der Waals surface area (Å²) in [6.07, 6.45) is 0. The summed E-state index contributed by atoms with van der Waals surface area (Å²) in [5.41, 5.74) is 3.72. The number of hydrogen-bond acceptors (Lipinski definition) is 5. The fraction of sp³-hybridized carbons (Fsp3) is 0.217. The Hall–Kier alpha value is -2.22. The van der Waals surface area contributed by atoms with Crippen molar-refractivity contribution < 1.29 is 17.3 Å². The van der Waals surface area contributed by atoms with Crippen LogP contribution in [0.5, 0.6) is 11.5 Å². The highest BCUT2D eigenvalue weighted by Crippen LogP contribution is 2.39. The minimum Gasteiger partial charge on any atom is -0.490 e. The molecule has 0 aliphatic carbocycles. The molecule has 8 heteroatoms. The van der Waals surface area contributed by atoms with E-state index in [-0.39, 0.29) is 10.6 Å². The molecule has 0 fully saturated rings. The number of aryl methyl sites for hydroxylation is 1. The summed E-state index contributed by atoms with van der Waals surface area (Å²) in [5.74, 6) is 0.456. The van der Waals surface area contributed by atoms with Crippen LogP contribution in [0.4, 0.5) is 5.69 Å². The second kappa shape index (κ2) is 9.94. The Morgan fingerprint density at radius 3 is 2.45 bits per heavy atom. The minimum atomic E-state index is -4.01. The first-order valence-corrected chi connectivity index (χ1v) is 12.2. The Morgan fingerprint density at radius 2 is 1.77 bits per heavy atom. The van der Waals surface area contributed by atoms with Gasteiger partial charge < -0.3 is 14.2 Å². The molecule has 0 spiro atoms. The van der Waals surface area contributed by atoms with Crippen molar-refractivity contribution in [2.24, 2.45) is 0 Å². The molecular formula is C23H23BrClNO4S. The van der Waals surface area contributed by atoms with Gasteiger partial charge in [-0.15, -0.1) is 0 Å². The predicted molar refractivity (Wildman–Crippen MR) is 128 cm³/mol. The fourth-order valence-electron chi connectivity index (χ4n) is 2.93. The fourth-order valence-corrected chi connectivity index (χ4v) is 4.74. The van der Waals surface area contributed by atoms with Crippen LogP contribution in [0.25, 0.3) is 0 Å². The molecule has 3 rings (SSSR count). The molecule has 0 heterocycles. The lowest BCUT2D eigenvalue weighted by Gasteiger charge is -2.16. The van der Waals surface area contributed by atoms with Gasteiger partial charge in [0, 0.05) is 17.3 Å². The lowest BCUT2D eigenvalue weighted by atomic mass is 10.1. The highest BCUT2D eigenvalue weighted by Gasteiger charge is 2.22. The third-order valence-corrected chi connectivity index (χ3v) is 6.86. The number of hydrogen-bond donors (Lipinski definition) is 1. The van der Waals surface area contributed by atoms with Crippen LogP contribution in [-0.4, -0.2) is 15.0 Å². The van der Waals surface area contributed by atoms with Gasteiger partial charge in [0.05, 0.1) is 11.1 Å². The second-order valence-electron chi connectivity index (χ2n) is 6.95. The maximum absolute atomic E-state index is 12.8. The molecule has 3 aromatic rings. The first kappa shape index (κ1) is 23.4. The highest BCUT2D eigenvalue weighted by molar-refractivity contribution is 9.10. The van der Waals surface area contributed by atoms with Crippen LogP contribution in [0.15, 0.2) is 64.0 Å². The molecule has 0 bridgehead atoms. The topological polar surface area (TPSA) is 64.6 Å². The van der Waals surface area contributed by atoms with E-state index in [0.29, 0.717) is 28.4 Å². The predicted octanol–water partition coefficient (Wildman–Crippen LogP) is 6.50.